The summed E-state index contributed by atoms with van der Waals surface area (Å²) in [7, 11) is -3.40. The molecule has 9 heteroatoms. The van der Waals surface area contributed by atoms with E-state index < -0.39 is 16.6 Å². The molecule has 2 N–H and O–H groups in total. The largest absolute Gasteiger partial charge is 0.411 e. The number of hydrogen-bond donors (Lipinski definition) is 2. The molecule has 0 atom stereocenters. The second-order valence-corrected chi connectivity index (χ2v) is 18.9. The van der Waals surface area contributed by atoms with Gasteiger partial charge >= 0.3 is 0 Å². The number of halogens is 1. The molecule has 0 aromatic heterocycles. The molecule has 0 aliphatic heterocycles. The lowest BCUT2D eigenvalue weighted by molar-refractivity contribution is 0.303. The van der Waals surface area contributed by atoms with Crippen molar-refractivity contribution in [3.8, 4) is 0 Å². The highest BCUT2D eigenvalue weighted by Gasteiger charge is 2.37. The lowest BCUT2D eigenvalue weighted by Crippen LogP contribution is -2.41. The molecule has 0 saturated heterocycles. The zero-order valence-corrected chi connectivity index (χ0v) is 20.2. The molecule has 0 aliphatic carbocycles. The molecule has 0 bridgehead atoms. The van der Waals surface area contributed by atoms with E-state index in [2.05, 4.69) is 78.0 Å². The number of hydrogen-bond acceptors (Lipinski definition) is 6. The third-order valence-electron chi connectivity index (χ3n) is 4.87. The Morgan fingerprint density at radius 2 is 1.32 bits per heavy atom. The molecule has 0 saturated carbocycles. The van der Waals surface area contributed by atoms with Crippen LogP contribution in [0.1, 0.15) is 41.5 Å². The van der Waals surface area contributed by atoms with E-state index >= 15 is 0 Å². The van der Waals surface area contributed by atoms with Crippen molar-refractivity contribution in [3.63, 3.8) is 0 Å². The maximum absolute atomic E-state index is 8.33. The van der Waals surface area contributed by atoms with Gasteiger partial charge in [-0.25, -0.2) is 0 Å². The van der Waals surface area contributed by atoms with Crippen molar-refractivity contribution < 1.29 is 19.3 Å². The molecule has 0 amide bonds. The van der Waals surface area contributed by atoms with Crippen LogP contribution in [0.15, 0.2) is 10.3 Å². The number of oxime groups is 2. The van der Waals surface area contributed by atoms with Crippen LogP contribution < -0.4 is 0 Å². The summed E-state index contributed by atoms with van der Waals surface area (Å²) in [6.07, 6.45) is 1.38. The van der Waals surface area contributed by atoms with Gasteiger partial charge in [0.1, 0.15) is 0 Å². The van der Waals surface area contributed by atoms with Gasteiger partial charge in [0.2, 0.25) is 0 Å². The highest BCUT2D eigenvalue weighted by molar-refractivity contribution is 6.75. The van der Waals surface area contributed by atoms with Crippen LogP contribution >= 0.6 is 11.6 Å². The van der Waals surface area contributed by atoms with E-state index in [0.717, 1.165) is 0 Å². The Labute approximate surface area is 160 Å². The summed E-state index contributed by atoms with van der Waals surface area (Å²) in [6, 6.07) is 0. The van der Waals surface area contributed by atoms with E-state index in [1.807, 2.05) is 0 Å². The minimum atomic E-state index is -1.76. The summed E-state index contributed by atoms with van der Waals surface area (Å²) >= 11 is 5.52. The summed E-state index contributed by atoms with van der Waals surface area (Å²) in [5, 5.41) is 22.7. The minimum Gasteiger partial charge on any atom is -0.411 e. The van der Waals surface area contributed by atoms with Crippen molar-refractivity contribution >= 4 is 39.6 Å². The van der Waals surface area contributed by atoms with Gasteiger partial charge in [-0.05, 0) is 36.3 Å². The first kappa shape index (κ1) is 26.8. The van der Waals surface area contributed by atoms with Gasteiger partial charge < -0.3 is 19.3 Å². The molecule has 0 rings (SSSR count). The molecule has 0 unspecified atom stereocenters. The molecule has 25 heavy (non-hydrogen) atoms. The average molecular weight is 413 g/mol. The van der Waals surface area contributed by atoms with Crippen molar-refractivity contribution in [3.05, 3.63) is 0 Å². The van der Waals surface area contributed by atoms with Crippen LogP contribution in [0, 0.1) is 0 Å². The molecule has 0 heterocycles. The monoisotopic (exact) mass is 412 g/mol. The first-order valence-electron chi connectivity index (χ1n) is 8.32. The first-order valence-corrected chi connectivity index (χ1v) is 14.5. The predicted octanol–water partition coefficient (Wildman–Crippen LogP) is 5.50. The molecule has 0 aromatic rings. The van der Waals surface area contributed by atoms with Crippen LogP contribution in [0.25, 0.3) is 0 Å². The van der Waals surface area contributed by atoms with E-state index in [9.17, 15) is 0 Å². The topological polar surface area (TPSA) is 83.6 Å². The molecule has 150 valence electrons. The van der Waals surface area contributed by atoms with Crippen LogP contribution in [0.2, 0.25) is 36.3 Å². The Bertz CT molecular complexity index is 442. The van der Waals surface area contributed by atoms with Crippen LogP contribution in [0.4, 0.5) is 0 Å². The summed E-state index contributed by atoms with van der Waals surface area (Å²) in [5.41, 5.74) is 0. The van der Waals surface area contributed by atoms with E-state index in [0.29, 0.717) is 6.61 Å². The lowest BCUT2D eigenvalue weighted by atomic mass is 10.2. The average Bonchev–Trinajstić information content (AvgIpc) is 2.43. The highest BCUT2D eigenvalue weighted by Crippen LogP contribution is 2.37. The van der Waals surface area contributed by atoms with Crippen molar-refractivity contribution in [2.45, 2.75) is 77.8 Å². The van der Waals surface area contributed by atoms with Gasteiger partial charge in [-0.15, -0.1) is 0 Å². The third kappa shape index (κ3) is 11.0. The standard InChI is InChI=1S/C8H18ClNO2Si.C8H19NO2Si/c1-8(2,3)13(4,5)12-6-7(9)10-11;1-8(2,3)12(4,5)11-7-6-9-10/h11H,6H2,1-5H3;6,10H,7H2,1-5H3/b10-7-;9-6+. The second-order valence-electron chi connectivity index (χ2n) is 8.89. The fraction of sp³-hybridized carbons (Fsp3) is 0.875. The van der Waals surface area contributed by atoms with Crippen LogP contribution in [-0.4, -0.2) is 51.6 Å². The van der Waals surface area contributed by atoms with Crippen molar-refractivity contribution in [2.75, 3.05) is 13.2 Å². The maximum atomic E-state index is 8.33. The van der Waals surface area contributed by atoms with Crippen molar-refractivity contribution in [1.82, 2.24) is 0 Å². The van der Waals surface area contributed by atoms with E-state index in [-0.39, 0.29) is 21.9 Å². The van der Waals surface area contributed by atoms with Gasteiger partial charge in [0.25, 0.3) is 0 Å². The zero-order valence-electron chi connectivity index (χ0n) is 17.5. The van der Waals surface area contributed by atoms with Crippen LogP contribution in [0.5, 0.6) is 0 Å². The first-order chi connectivity index (χ1) is 11.0. The highest BCUT2D eigenvalue weighted by atomic mass is 35.5. The number of nitrogens with zero attached hydrogens (tertiary/aromatic N) is 2. The summed E-state index contributed by atoms with van der Waals surface area (Å²) in [5.74, 6) is 0. The summed E-state index contributed by atoms with van der Waals surface area (Å²) in [4.78, 5) is 0. The third-order valence-corrected chi connectivity index (χ3v) is 14.0. The summed E-state index contributed by atoms with van der Waals surface area (Å²) in [6.45, 7) is 22.1. The van der Waals surface area contributed by atoms with Crippen LogP contribution in [-0.2, 0) is 8.85 Å². The molecule has 6 nitrogen and oxygen atoms in total. The normalized spacial score (nSPS) is 14.4. The molecule has 0 spiro atoms. The fourth-order valence-corrected chi connectivity index (χ4v) is 2.98. The van der Waals surface area contributed by atoms with Gasteiger partial charge in [0, 0.05) is 0 Å². The van der Waals surface area contributed by atoms with E-state index in [4.69, 9.17) is 30.9 Å². The van der Waals surface area contributed by atoms with Gasteiger partial charge in [-0.2, -0.15) is 0 Å². The fourth-order valence-electron chi connectivity index (χ4n) is 0.981. The zero-order chi connectivity index (χ0) is 20.5. The Morgan fingerprint density at radius 3 is 1.64 bits per heavy atom. The number of rotatable bonds is 6. The van der Waals surface area contributed by atoms with Crippen LogP contribution in [0.3, 0.4) is 0 Å². The predicted molar refractivity (Wildman–Crippen MR) is 112 cm³/mol. The Hall–Kier alpha value is -0.416. The summed E-state index contributed by atoms with van der Waals surface area (Å²) < 4.78 is 11.3. The molecular formula is C16H37ClN2O4Si2. The van der Waals surface area contributed by atoms with E-state index in [1.54, 1.807) is 0 Å². The second kappa shape index (κ2) is 10.7. The van der Waals surface area contributed by atoms with Crippen molar-refractivity contribution in [1.29, 1.82) is 0 Å². The van der Waals surface area contributed by atoms with Gasteiger partial charge in [-0.3, -0.25) is 0 Å². The quantitative estimate of drug-likeness (QED) is 0.261. The van der Waals surface area contributed by atoms with E-state index in [1.165, 1.54) is 6.21 Å². The Morgan fingerprint density at radius 1 is 0.920 bits per heavy atom. The molecule has 0 fully saturated rings. The molecule has 0 aromatic carbocycles. The molecular weight excluding hydrogens is 376 g/mol. The maximum Gasteiger partial charge on any atom is 0.192 e. The Balaban J connectivity index is 0. The molecule has 0 radical (unpaired) electrons. The SMILES string of the molecule is CC(C)(C)[Si](C)(C)OC/C(Cl)=N/O.CC(C)(C)[Si](C)(C)OC/C=N/O. The van der Waals surface area contributed by atoms with Crippen molar-refractivity contribution in [2.24, 2.45) is 10.3 Å². The smallest absolute Gasteiger partial charge is 0.192 e. The van der Waals surface area contributed by atoms with Gasteiger partial charge in [0.15, 0.2) is 21.8 Å². The minimum absolute atomic E-state index is 0.102. The van der Waals surface area contributed by atoms with Gasteiger partial charge in [-0.1, -0.05) is 63.5 Å². The lowest BCUT2D eigenvalue weighted by Gasteiger charge is -2.35. The Kier molecular flexibility index (Phi) is 11.4. The molecule has 0 aliphatic rings. The van der Waals surface area contributed by atoms with Gasteiger partial charge in [0.05, 0.1) is 19.4 Å².